The minimum absolute atomic E-state index is 0.0668. The second-order valence-electron chi connectivity index (χ2n) is 22.4. The lowest BCUT2D eigenvalue weighted by Gasteiger charge is -2.18. The predicted molar refractivity (Wildman–Crippen MR) is 312 cm³/mol. The number of hydrogen-bond acceptors (Lipinski definition) is 6. The Labute approximate surface area is 450 Å². The SMILES string of the molecule is CCCCCCCCC/C=C\CCCCCCCC(=O)OC(COC(=O)CCCCCCCCCCCCCCCCC)COC(=O)CCCCCCCCCCCCCCCCCCCCCCCCC. The molecule has 426 valence electrons. The molecule has 0 N–H and O–H groups in total. The highest BCUT2D eigenvalue weighted by molar-refractivity contribution is 5.71. The number of allylic oxidation sites excluding steroid dienone is 2. The summed E-state index contributed by atoms with van der Waals surface area (Å²) >= 11 is 0. The van der Waals surface area contributed by atoms with Gasteiger partial charge in [0.25, 0.3) is 0 Å². The van der Waals surface area contributed by atoms with Gasteiger partial charge in [-0.15, -0.1) is 0 Å². The van der Waals surface area contributed by atoms with E-state index < -0.39 is 6.10 Å². The van der Waals surface area contributed by atoms with Gasteiger partial charge in [-0.1, -0.05) is 322 Å². The Morgan fingerprint density at radius 3 is 0.694 bits per heavy atom. The van der Waals surface area contributed by atoms with Gasteiger partial charge in [-0.3, -0.25) is 14.4 Å². The van der Waals surface area contributed by atoms with Crippen LogP contribution in [0.3, 0.4) is 0 Å². The molecule has 0 aliphatic heterocycles. The van der Waals surface area contributed by atoms with E-state index in [4.69, 9.17) is 14.2 Å². The van der Waals surface area contributed by atoms with Gasteiger partial charge in [0.1, 0.15) is 13.2 Å². The molecule has 0 aliphatic rings. The Morgan fingerprint density at radius 1 is 0.264 bits per heavy atom. The van der Waals surface area contributed by atoms with E-state index in [-0.39, 0.29) is 31.1 Å². The normalized spacial score (nSPS) is 12.0. The quantitative estimate of drug-likeness (QED) is 0.0261. The first-order chi connectivity index (χ1) is 35.5. The maximum atomic E-state index is 12.9. The zero-order valence-electron chi connectivity index (χ0n) is 49.0. The van der Waals surface area contributed by atoms with E-state index in [9.17, 15) is 14.4 Å². The largest absolute Gasteiger partial charge is 0.462 e. The second kappa shape index (κ2) is 61.7. The van der Waals surface area contributed by atoms with Gasteiger partial charge in [-0.05, 0) is 44.9 Å². The topological polar surface area (TPSA) is 78.9 Å². The van der Waals surface area contributed by atoms with E-state index in [1.54, 1.807) is 0 Å². The molecule has 0 radical (unpaired) electrons. The average molecular weight is 1020 g/mol. The van der Waals surface area contributed by atoms with Crippen LogP contribution in [0.25, 0.3) is 0 Å². The molecule has 0 amide bonds. The molecule has 72 heavy (non-hydrogen) atoms. The van der Waals surface area contributed by atoms with Crippen LogP contribution in [0.1, 0.15) is 374 Å². The summed E-state index contributed by atoms with van der Waals surface area (Å²) < 4.78 is 16.9. The lowest BCUT2D eigenvalue weighted by molar-refractivity contribution is -0.167. The summed E-state index contributed by atoms with van der Waals surface area (Å²) in [7, 11) is 0. The van der Waals surface area contributed by atoms with Gasteiger partial charge in [-0.2, -0.15) is 0 Å². The Hall–Kier alpha value is -1.85. The molecule has 0 fully saturated rings. The van der Waals surface area contributed by atoms with E-state index in [0.29, 0.717) is 19.3 Å². The minimum atomic E-state index is -0.770. The molecular formula is C66H126O6. The maximum Gasteiger partial charge on any atom is 0.306 e. The van der Waals surface area contributed by atoms with Crippen LogP contribution in [0.15, 0.2) is 12.2 Å². The van der Waals surface area contributed by atoms with Crippen molar-refractivity contribution in [2.24, 2.45) is 0 Å². The molecule has 0 heterocycles. The zero-order chi connectivity index (χ0) is 52.2. The third kappa shape index (κ3) is 59.0. The van der Waals surface area contributed by atoms with Crippen LogP contribution >= 0.6 is 0 Å². The van der Waals surface area contributed by atoms with Crippen molar-refractivity contribution in [1.82, 2.24) is 0 Å². The van der Waals surface area contributed by atoms with E-state index >= 15 is 0 Å². The fourth-order valence-corrected chi connectivity index (χ4v) is 10.1. The van der Waals surface area contributed by atoms with Crippen LogP contribution in [0.4, 0.5) is 0 Å². The van der Waals surface area contributed by atoms with Gasteiger partial charge in [0, 0.05) is 19.3 Å². The Morgan fingerprint density at radius 2 is 0.458 bits per heavy atom. The van der Waals surface area contributed by atoms with Crippen molar-refractivity contribution >= 4 is 17.9 Å². The lowest BCUT2D eigenvalue weighted by atomic mass is 10.0. The van der Waals surface area contributed by atoms with Crippen molar-refractivity contribution in [3.05, 3.63) is 12.2 Å². The fraction of sp³-hybridized carbons (Fsp3) is 0.924. The minimum Gasteiger partial charge on any atom is -0.462 e. The first-order valence-electron chi connectivity index (χ1n) is 32.7. The number of rotatable bonds is 61. The van der Waals surface area contributed by atoms with Crippen LogP contribution in [0, 0.1) is 0 Å². The molecule has 0 aliphatic carbocycles. The number of esters is 3. The van der Waals surface area contributed by atoms with E-state index in [1.807, 2.05) is 0 Å². The molecule has 0 saturated heterocycles. The molecule has 0 rings (SSSR count). The van der Waals surface area contributed by atoms with Gasteiger partial charge in [0.15, 0.2) is 6.10 Å². The van der Waals surface area contributed by atoms with Crippen molar-refractivity contribution in [2.45, 2.75) is 380 Å². The van der Waals surface area contributed by atoms with Crippen molar-refractivity contribution in [3.8, 4) is 0 Å². The van der Waals surface area contributed by atoms with E-state index in [0.717, 1.165) is 64.2 Å². The van der Waals surface area contributed by atoms with Gasteiger partial charge < -0.3 is 14.2 Å². The molecule has 0 saturated carbocycles. The maximum absolute atomic E-state index is 12.9. The molecule has 0 spiro atoms. The van der Waals surface area contributed by atoms with Crippen molar-refractivity contribution in [1.29, 1.82) is 0 Å². The molecule has 0 aromatic heterocycles. The van der Waals surface area contributed by atoms with Crippen molar-refractivity contribution < 1.29 is 28.6 Å². The number of ether oxygens (including phenoxy) is 3. The average Bonchev–Trinajstić information content (AvgIpc) is 3.38. The molecule has 6 nitrogen and oxygen atoms in total. The Balaban J connectivity index is 4.25. The third-order valence-corrected chi connectivity index (χ3v) is 15.0. The summed E-state index contributed by atoms with van der Waals surface area (Å²) in [6, 6.07) is 0. The number of hydrogen-bond donors (Lipinski definition) is 0. The fourth-order valence-electron chi connectivity index (χ4n) is 10.1. The van der Waals surface area contributed by atoms with Crippen LogP contribution in [-0.2, 0) is 28.6 Å². The molecule has 0 bridgehead atoms. The molecule has 0 aromatic rings. The van der Waals surface area contributed by atoms with Gasteiger partial charge >= 0.3 is 17.9 Å². The summed E-state index contributed by atoms with van der Waals surface area (Å²) in [5.41, 5.74) is 0. The van der Waals surface area contributed by atoms with Gasteiger partial charge in [0.2, 0.25) is 0 Å². The molecule has 1 unspecified atom stereocenters. The van der Waals surface area contributed by atoms with Crippen molar-refractivity contribution in [2.75, 3.05) is 13.2 Å². The van der Waals surface area contributed by atoms with Crippen LogP contribution in [-0.4, -0.2) is 37.2 Å². The molecular weight excluding hydrogens is 889 g/mol. The highest BCUT2D eigenvalue weighted by Gasteiger charge is 2.19. The van der Waals surface area contributed by atoms with Crippen LogP contribution in [0.2, 0.25) is 0 Å². The summed E-state index contributed by atoms with van der Waals surface area (Å²) in [6.07, 6.45) is 72.2. The third-order valence-electron chi connectivity index (χ3n) is 15.0. The van der Waals surface area contributed by atoms with Crippen LogP contribution < -0.4 is 0 Å². The molecule has 0 aromatic carbocycles. The second-order valence-corrected chi connectivity index (χ2v) is 22.4. The standard InChI is InChI=1S/C66H126O6/c1-4-7-10-13-16-19-22-25-28-30-31-32-33-34-35-36-39-41-44-47-50-53-56-59-65(68)71-62-63(61-70-64(67)58-55-52-49-46-43-40-37-27-24-21-18-15-12-9-6-3)72-66(69)60-57-54-51-48-45-42-38-29-26-23-20-17-14-11-8-5-2/h29,38,63H,4-28,30-37,39-62H2,1-3H3/b38-29-. The highest BCUT2D eigenvalue weighted by Crippen LogP contribution is 2.18. The van der Waals surface area contributed by atoms with Gasteiger partial charge in [0.05, 0.1) is 0 Å². The van der Waals surface area contributed by atoms with E-state index in [1.165, 1.54) is 270 Å². The first kappa shape index (κ1) is 70.1. The Bertz CT molecular complexity index is 1120. The summed E-state index contributed by atoms with van der Waals surface area (Å²) in [5.74, 6) is -0.844. The summed E-state index contributed by atoms with van der Waals surface area (Å²) in [4.78, 5) is 38.3. The monoisotopic (exact) mass is 1010 g/mol. The molecule has 1 atom stereocenters. The molecule has 6 heteroatoms. The van der Waals surface area contributed by atoms with Crippen molar-refractivity contribution in [3.63, 3.8) is 0 Å². The highest BCUT2D eigenvalue weighted by atomic mass is 16.6. The summed E-state index contributed by atoms with van der Waals surface area (Å²) in [6.45, 7) is 6.71. The number of carbonyl (C=O) groups is 3. The van der Waals surface area contributed by atoms with Gasteiger partial charge in [-0.25, -0.2) is 0 Å². The Kier molecular flexibility index (Phi) is 60.1. The van der Waals surface area contributed by atoms with E-state index in [2.05, 4.69) is 32.9 Å². The summed E-state index contributed by atoms with van der Waals surface area (Å²) in [5, 5.41) is 0. The smallest absolute Gasteiger partial charge is 0.306 e. The first-order valence-corrected chi connectivity index (χ1v) is 32.7. The number of carbonyl (C=O) groups excluding carboxylic acids is 3. The van der Waals surface area contributed by atoms with Crippen LogP contribution in [0.5, 0.6) is 0 Å². The number of unbranched alkanes of at least 4 members (excludes halogenated alkanes) is 48. The predicted octanol–water partition coefficient (Wildman–Crippen LogP) is 22.1. The lowest BCUT2D eigenvalue weighted by Crippen LogP contribution is -2.30. The zero-order valence-corrected chi connectivity index (χ0v) is 49.0.